The predicted octanol–water partition coefficient (Wildman–Crippen LogP) is 1.86. The van der Waals surface area contributed by atoms with E-state index >= 15 is 0 Å². The Bertz CT molecular complexity index is 566. The Morgan fingerprint density at radius 1 is 1.53 bits per heavy atom. The van der Waals surface area contributed by atoms with E-state index in [0.29, 0.717) is 10.7 Å². The van der Waals surface area contributed by atoms with Gasteiger partial charge < -0.3 is 5.11 Å². The molecule has 1 heterocycles. The van der Waals surface area contributed by atoms with E-state index in [-0.39, 0.29) is 6.42 Å². The van der Waals surface area contributed by atoms with E-state index in [0.717, 1.165) is 11.3 Å². The highest BCUT2D eigenvalue weighted by Crippen LogP contribution is 2.20. The number of aryl methyl sites for hydroxylation is 1. The number of carboxylic acids is 1. The standard InChI is InChI=1S/C11H10ClN3O2/c1-7-2-3-8(12)4-10(7)15-9(5-11(16)17)6-13-14-15/h2-4,6H,5H2,1H3,(H,16,17). The lowest BCUT2D eigenvalue weighted by Gasteiger charge is -2.08. The lowest BCUT2D eigenvalue weighted by atomic mass is 10.2. The third kappa shape index (κ3) is 2.45. The summed E-state index contributed by atoms with van der Waals surface area (Å²) in [6.45, 7) is 1.90. The average molecular weight is 252 g/mol. The second-order valence-electron chi connectivity index (χ2n) is 3.64. The number of carboxylic acid groups (broad SMARTS) is 1. The summed E-state index contributed by atoms with van der Waals surface area (Å²) in [6, 6.07) is 5.36. The number of hydrogen-bond acceptors (Lipinski definition) is 3. The van der Waals surface area contributed by atoms with Crippen LogP contribution in [0, 0.1) is 6.92 Å². The maximum Gasteiger partial charge on any atom is 0.309 e. The van der Waals surface area contributed by atoms with Gasteiger partial charge in [0.25, 0.3) is 0 Å². The van der Waals surface area contributed by atoms with Gasteiger partial charge in [-0.3, -0.25) is 4.79 Å². The summed E-state index contributed by atoms with van der Waals surface area (Å²) < 4.78 is 1.50. The average Bonchev–Trinajstić information content (AvgIpc) is 2.69. The van der Waals surface area contributed by atoms with Gasteiger partial charge >= 0.3 is 5.97 Å². The van der Waals surface area contributed by atoms with Gasteiger partial charge in [0.1, 0.15) is 0 Å². The Hall–Kier alpha value is -1.88. The molecule has 17 heavy (non-hydrogen) atoms. The second-order valence-corrected chi connectivity index (χ2v) is 4.07. The highest BCUT2D eigenvalue weighted by atomic mass is 35.5. The predicted molar refractivity (Wildman–Crippen MR) is 62.4 cm³/mol. The molecule has 5 nitrogen and oxygen atoms in total. The number of rotatable bonds is 3. The SMILES string of the molecule is Cc1ccc(Cl)cc1-n1nncc1CC(=O)O. The zero-order valence-electron chi connectivity index (χ0n) is 9.09. The third-order valence-corrected chi connectivity index (χ3v) is 2.59. The van der Waals surface area contributed by atoms with Crippen molar-refractivity contribution in [2.75, 3.05) is 0 Å². The van der Waals surface area contributed by atoms with Gasteiger partial charge in [0.15, 0.2) is 0 Å². The molecule has 0 fully saturated rings. The van der Waals surface area contributed by atoms with Gasteiger partial charge in [-0.05, 0) is 24.6 Å². The monoisotopic (exact) mass is 251 g/mol. The molecule has 1 aromatic heterocycles. The van der Waals surface area contributed by atoms with Gasteiger partial charge in [-0.15, -0.1) is 5.10 Å². The molecule has 2 aromatic rings. The molecule has 0 radical (unpaired) electrons. The van der Waals surface area contributed by atoms with Crippen molar-refractivity contribution in [3.63, 3.8) is 0 Å². The summed E-state index contributed by atoms with van der Waals surface area (Å²) >= 11 is 5.91. The molecular weight excluding hydrogens is 242 g/mol. The van der Waals surface area contributed by atoms with Crippen LogP contribution in [-0.4, -0.2) is 26.1 Å². The summed E-state index contributed by atoms with van der Waals surface area (Å²) in [5.41, 5.74) is 2.21. The molecule has 0 atom stereocenters. The summed E-state index contributed by atoms with van der Waals surface area (Å²) in [4.78, 5) is 10.7. The van der Waals surface area contributed by atoms with E-state index in [9.17, 15) is 4.79 Å². The van der Waals surface area contributed by atoms with Crippen molar-refractivity contribution in [1.29, 1.82) is 0 Å². The first kappa shape index (κ1) is 11.6. The Morgan fingerprint density at radius 2 is 2.29 bits per heavy atom. The molecule has 0 aliphatic heterocycles. The minimum Gasteiger partial charge on any atom is -0.481 e. The molecule has 2 rings (SSSR count). The quantitative estimate of drug-likeness (QED) is 0.904. The van der Waals surface area contributed by atoms with Gasteiger partial charge in [0.05, 0.1) is 24.0 Å². The first-order valence-electron chi connectivity index (χ1n) is 4.96. The molecule has 6 heteroatoms. The molecule has 88 valence electrons. The van der Waals surface area contributed by atoms with E-state index in [1.54, 1.807) is 12.1 Å². The number of hydrogen-bond donors (Lipinski definition) is 1. The molecule has 1 aromatic carbocycles. The van der Waals surface area contributed by atoms with Crippen LogP contribution in [0.5, 0.6) is 0 Å². The van der Waals surface area contributed by atoms with Crippen LogP contribution >= 0.6 is 11.6 Å². The molecule has 0 amide bonds. The van der Waals surface area contributed by atoms with Gasteiger partial charge in [-0.1, -0.05) is 22.9 Å². The van der Waals surface area contributed by atoms with Crippen molar-refractivity contribution in [2.45, 2.75) is 13.3 Å². The van der Waals surface area contributed by atoms with Gasteiger partial charge in [0.2, 0.25) is 0 Å². The van der Waals surface area contributed by atoms with E-state index in [2.05, 4.69) is 10.3 Å². The van der Waals surface area contributed by atoms with Gasteiger partial charge in [-0.25, -0.2) is 4.68 Å². The fourth-order valence-electron chi connectivity index (χ4n) is 1.55. The molecule has 0 unspecified atom stereocenters. The van der Waals surface area contributed by atoms with Crippen molar-refractivity contribution in [3.8, 4) is 5.69 Å². The van der Waals surface area contributed by atoms with E-state index in [1.165, 1.54) is 10.9 Å². The summed E-state index contributed by atoms with van der Waals surface area (Å²) in [5.74, 6) is -0.923. The number of carbonyl (C=O) groups is 1. The normalized spacial score (nSPS) is 10.5. The maximum absolute atomic E-state index is 10.7. The number of nitrogens with zero attached hydrogens (tertiary/aromatic N) is 3. The largest absolute Gasteiger partial charge is 0.481 e. The van der Waals surface area contributed by atoms with E-state index in [1.807, 2.05) is 13.0 Å². The van der Waals surface area contributed by atoms with E-state index in [4.69, 9.17) is 16.7 Å². The van der Waals surface area contributed by atoms with E-state index < -0.39 is 5.97 Å². The Morgan fingerprint density at radius 3 is 3.00 bits per heavy atom. The van der Waals surface area contributed by atoms with Gasteiger partial charge in [-0.2, -0.15) is 0 Å². The maximum atomic E-state index is 10.7. The smallest absolute Gasteiger partial charge is 0.309 e. The molecule has 0 saturated heterocycles. The minimum absolute atomic E-state index is 0.126. The lowest BCUT2D eigenvalue weighted by Crippen LogP contribution is -2.09. The third-order valence-electron chi connectivity index (χ3n) is 2.35. The minimum atomic E-state index is -0.923. The number of aliphatic carboxylic acids is 1. The molecular formula is C11H10ClN3O2. The summed E-state index contributed by atoms with van der Waals surface area (Å²) in [6.07, 6.45) is 1.31. The fourth-order valence-corrected chi connectivity index (χ4v) is 1.71. The summed E-state index contributed by atoms with van der Waals surface area (Å²) in [7, 11) is 0. The molecule has 0 bridgehead atoms. The highest BCUT2D eigenvalue weighted by molar-refractivity contribution is 6.30. The molecule has 0 saturated carbocycles. The van der Waals surface area contributed by atoms with Crippen LogP contribution in [0.4, 0.5) is 0 Å². The van der Waals surface area contributed by atoms with Crippen molar-refractivity contribution < 1.29 is 9.90 Å². The number of aromatic nitrogens is 3. The van der Waals surface area contributed by atoms with Crippen LogP contribution in [0.15, 0.2) is 24.4 Å². The zero-order chi connectivity index (χ0) is 12.4. The van der Waals surface area contributed by atoms with Crippen LogP contribution in [0.3, 0.4) is 0 Å². The number of halogens is 1. The fraction of sp³-hybridized carbons (Fsp3) is 0.182. The van der Waals surface area contributed by atoms with Crippen LogP contribution < -0.4 is 0 Å². The Balaban J connectivity index is 2.49. The van der Waals surface area contributed by atoms with Crippen molar-refractivity contribution in [1.82, 2.24) is 15.0 Å². The topological polar surface area (TPSA) is 68.0 Å². The second kappa shape index (κ2) is 4.55. The molecule has 0 spiro atoms. The number of benzene rings is 1. The first-order chi connectivity index (χ1) is 8.08. The lowest BCUT2D eigenvalue weighted by molar-refractivity contribution is -0.136. The molecule has 0 aliphatic rings. The van der Waals surface area contributed by atoms with Crippen LogP contribution in [0.25, 0.3) is 5.69 Å². The Labute approximate surface area is 103 Å². The van der Waals surface area contributed by atoms with Crippen LogP contribution in [0.2, 0.25) is 5.02 Å². The first-order valence-corrected chi connectivity index (χ1v) is 5.33. The van der Waals surface area contributed by atoms with Crippen molar-refractivity contribution in [3.05, 3.63) is 40.7 Å². The highest BCUT2D eigenvalue weighted by Gasteiger charge is 2.11. The molecule has 0 aliphatic carbocycles. The van der Waals surface area contributed by atoms with Gasteiger partial charge in [0, 0.05) is 5.02 Å². The van der Waals surface area contributed by atoms with Crippen molar-refractivity contribution >= 4 is 17.6 Å². The molecule has 1 N–H and O–H groups in total. The van der Waals surface area contributed by atoms with Crippen molar-refractivity contribution in [2.24, 2.45) is 0 Å². The Kier molecular flexibility index (Phi) is 3.10. The summed E-state index contributed by atoms with van der Waals surface area (Å²) in [5, 5.41) is 17.0. The zero-order valence-corrected chi connectivity index (χ0v) is 9.85. The van der Waals surface area contributed by atoms with Crippen LogP contribution in [-0.2, 0) is 11.2 Å². The van der Waals surface area contributed by atoms with Crippen LogP contribution in [0.1, 0.15) is 11.3 Å².